The maximum absolute atomic E-state index is 12.7. The largest absolute Gasteiger partial charge is 0.496 e. The molecule has 0 unspecified atom stereocenters. The van der Waals surface area contributed by atoms with E-state index in [-0.39, 0.29) is 23.3 Å². The van der Waals surface area contributed by atoms with Crippen LogP contribution in [0, 0.1) is 13.8 Å². The summed E-state index contributed by atoms with van der Waals surface area (Å²) >= 11 is 0. The maximum atomic E-state index is 12.7. The maximum Gasteiger partial charge on any atom is 0.308 e. The zero-order valence-corrected chi connectivity index (χ0v) is 13.5. The summed E-state index contributed by atoms with van der Waals surface area (Å²) < 4.78 is 6.44. The third-order valence-electron chi connectivity index (χ3n) is 3.86. The normalized spacial score (nSPS) is 11.0. The van der Waals surface area contributed by atoms with Crippen LogP contribution in [0.1, 0.15) is 16.8 Å². The number of nitrogens with zero attached hydrogens (tertiary/aromatic N) is 3. The van der Waals surface area contributed by atoms with E-state index in [1.807, 2.05) is 6.92 Å². The molecular formula is C16H16N4O4. The minimum Gasteiger partial charge on any atom is -0.496 e. The van der Waals surface area contributed by atoms with Crippen LogP contribution in [0.4, 0.5) is 0 Å². The van der Waals surface area contributed by atoms with E-state index in [1.165, 1.54) is 4.52 Å². The van der Waals surface area contributed by atoms with Crippen LogP contribution in [0.15, 0.2) is 23.0 Å². The van der Waals surface area contributed by atoms with Crippen molar-refractivity contribution < 1.29 is 14.6 Å². The third-order valence-corrected chi connectivity index (χ3v) is 3.86. The number of hydrogen-bond donors (Lipinski definition) is 2. The van der Waals surface area contributed by atoms with Crippen LogP contribution in [0.5, 0.6) is 5.75 Å². The van der Waals surface area contributed by atoms with E-state index < -0.39 is 5.97 Å². The first-order chi connectivity index (χ1) is 11.4. The van der Waals surface area contributed by atoms with Gasteiger partial charge in [0.15, 0.2) is 11.3 Å². The van der Waals surface area contributed by atoms with Gasteiger partial charge in [-0.15, -0.1) is 10.2 Å². The standard InChI is InChI=1S/C16H16N4O4/c1-8-6-10(4-5-12(8)24-3)14-16(23)20-15(18-17-14)11(7-13(21)22)9(2)19-20/h4-6,19H,7H2,1-3H3,(H,21,22). The zero-order chi connectivity index (χ0) is 17.4. The van der Waals surface area contributed by atoms with Gasteiger partial charge in [-0.1, -0.05) is 0 Å². The Labute approximate surface area is 136 Å². The number of ether oxygens (including phenoxy) is 1. The fourth-order valence-electron chi connectivity index (χ4n) is 2.66. The molecule has 0 saturated carbocycles. The van der Waals surface area contributed by atoms with Crippen molar-refractivity contribution in [3.8, 4) is 17.0 Å². The molecule has 2 N–H and O–H groups in total. The number of nitrogens with one attached hydrogen (secondary N) is 1. The Morgan fingerprint density at radius 3 is 2.71 bits per heavy atom. The molecule has 0 bridgehead atoms. The Kier molecular flexibility index (Phi) is 3.80. The smallest absolute Gasteiger partial charge is 0.308 e. The first-order valence-electron chi connectivity index (χ1n) is 7.26. The fourth-order valence-corrected chi connectivity index (χ4v) is 2.66. The van der Waals surface area contributed by atoms with Crippen LogP contribution in [0.3, 0.4) is 0 Å². The lowest BCUT2D eigenvalue weighted by Gasteiger charge is -2.06. The molecule has 0 aliphatic carbocycles. The van der Waals surface area contributed by atoms with Gasteiger partial charge in [-0.05, 0) is 37.6 Å². The van der Waals surface area contributed by atoms with Gasteiger partial charge in [0, 0.05) is 16.8 Å². The Hall–Kier alpha value is -3.16. The summed E-state index contributed by atoms with van der Waals surface area (Å²) in [6.07, 6.45) is -0.228. The topological polar surface area (TPSA) is 110 Å². The Morgan fingerprint density at radius 2 is 2.08 bits per heavy atom. The average Bonchev–Trinajstić information content (AvgIpc) is 2.84. The van der Waals surface area contributed by atoms with E-state index in [9.17, 15) is 9.59 Å². The predicted octanol–water partition coefficient (Wildman–Crippen LogP) is 1.34. The van der Waals surface area contributed by atoms with Gasteiger partial charge in [0.2, 0.25) is 0 Å². The molecule has 124 valence electrons. The molecule has 0 radical (unpaired) electrons. The molecule has 0 saturated heterocycles. The number of hydrogen-bond acceptors (Lipinski definition) is 5. The summed E-state index contributed by atoms with van der Waals surface area (Å²) in [6, 6.07) is 5.29. The highest BCUT2D eigenvalue weighted by Gasteiger charge is 2.18. The number of aryl methyl sites for hydroxylation is 2. The number of rotatable bonds is 4. The predicted molar refractivity (Wildman–Crippen MR) is 86.4 cm³/mol. The average molecular weight is 328 g/mol. The lowest BCUT2D eigenvalue weighted by molar-refractivity contribution is -0.136. The van der Waals surface area contributed by atoms with Crippen molar-refractivity contribution in [2.45, 2.75) is 20.3 Å². The number of aromatic nitrogens is 4. The molecule has 3 aromatic rings. The quantitative estimate of drug-likeness (QED) is 0.748. The minimum absolute atomic E-state index is 0.182. The number of carboxylic acids is 1. The van der Waals surface area contributed by atoms with E-state index >= 15 is 0 Å². The second-order valence-electron chi connectivity index (χ2n) is 5.48. The van der Waals surface area contributed by atoms with Crippen LogP contribution in [-0.4, -0.2) is 38.0 Å². The van der Waals surface area contributed by atoms with Crippen LogP contribution < -0.4 is 10.3 Å². The first kappa shape index (κ1) is 15.7. The molecule has 8 nitrogen and oxygen atoms in total. The van der Waals surface area contributed by atoms with E-state index in [2.05, 4.69) is 15.3 Å². The molecule has 0 atom stereocenters. The molecule has 0 aliphatic heterocycles. The van der Waals surface area contributed by atoms with E-state index in [0.717, 1.165) is 5.56 Å². The van der Waals surface area contributed by atoms with Crippen LogP contribution in [0.2, 0.25) is 0 Å². The molecule has 2 heterocycles. The molecule has 0 aliphatic rings. The molecule has 0 amide bonds. The number of benzene rings is 1. The van der Waals surface area contributed by atoms with Gasteiger partial charge in [0.1, 0.15) is 5.75 Å². The Bertz CT molecular complexity index is 1000. The highest BCUT2D eigenvalue weighted by atomic mass is 16.5. The Balaban J connectivity index is 2.18. The molecule has 3 rings (SSSR count). The summed E-state index contributed by atoms with van der Waals surface area (Å²) in [6.45, 7) is 3.57. The highest BCUT2D eigenvalue weighted by molar-refractivity contribution is 5.74. The number of aliphatic carboxylic acids is 1. The minimum atomic E-state index is -0.997. The van der Waals surface area contributed by atoms with Crippen molar-refractivity contribution in [2.24, 2.45) is 0 Å². The molecule has 2 aromatic heterocycles. The molecule has 1 aromatic carbocycles. The summed E-state index contributed by atoms with van der Waals surface area (Å²) in [5.74, 6) is -0.281. The lowest BCUT2D eigenvalue weighted by Crippen LogP contribution is -2.19. The number of H-pyrrole nitrogens is 1. The van der Waals surface area contributed by atoms with Crippen LogP contribution in [-0.2, 0) is 11.2 Å². The fraction of sp³-hybridized carbons (Fsp3) is 0.250. The summed E-state index contributed by atoms with van der Waals surface area (Å²) in [4.78, 5) is 23.7. The number of methoxy groups -OCH3 is 1. The SMILES string of the molecule is COc1ccc(-c2nnc3c(CC(=O)O)c(C)[nH]n3c2=O)cc1C. The van der Waals surface area contributed by atoms with Gasteiger partial charge < -0.3 is 9.84 Å². The Morgan fingerprint density at radius 1 is 1.33 bits per heavy atom. The highest BCUT2D eigenvalue weighted by Crippen LogP contribution is 2.23. The lowest BCUT2D eigenvalue weighted by atomic mass is 10.1. The van der Waals surface area contributed by atoms with Crippen molar-refractivity contribution in [2.75, 3.05) is 7.11 Å². The summed E-state index contributed by atoms with van der Waals surface area (Å²) in [7, 11) is 1.58. The zero-order valence-electron chi connectivity index (χ0n) is 13.5. The monoisotopic (exact) mass is 328 g/mol. The van der Waals surface area contributed by atoms with Gasteiger partial charge in [0.25, 0.3) is 5.56 Å². The van der Waals surface area contributed by atoms with Crippen molar-refractivity contribution in [3.63, 3.8) is 0 Å². The number of fused-ring (bicyclic) bond motifs is 1. The van der Waals surface area contributed by atoms with Gasteiger partial charge in [-0.2, -0.15) is 4.52 Å². The second kappa shape index (κ2) is 5.80. The number of carbonyl (C=O) groups is 1. The molecule has 0 fully saturated rings. The van der Waals surface area contributed by atoms with Crippen LogP contribution >= 0.6 is 0 Å². The number of aromatic amines is 1. The van der Waals surface area contributed by atoms with Crippen molar-refractivity contribution in [3.05, 3.63) is 45.4 Å². The first-order valence-corrected chi connectivity index (χ1v) is 7.26. The van der Waals surface area contributed by atoms with Gasteiger partial charge in [-0.25, -0.2) is 0 Å². The molecular weight excluding hydrogens is 312 g/mol. The van der Waals surface area contributed by atoms with E-state index in [4.69, 9.17) is 9.84 Å². The van der Waals surface area contributed by atoms with Gasteiger partial charge in [0.05, 0.1) is 13.5 Å². The molecule has 8 heteroatoms. The second-order valence-corrected chi connectivity index (χ2v) is 5.48. The van der Waals surface area contributed by atoms with E-state index in [1.54, 1.807) is 32.2 Å². The molecule has 24 heavy (non-hydrogen) atoms. The van der Waals surface area contributed by atoms with Gasteiger partial charge in [-0.3, -0.25) is 14.7 Å². The summed E-state index contributed by atoms with van der Waals surface area (Å²) in [5, 5.41) is 19.9. The molecule has 0 spiro atoms. The summed E-state index contributed by atoms with van der Waals surface area (Å²) in [5.41, 5.74) is 2.54. The van der Waals surface area contributed by atoms with E-state index in [0.29, 0.717) is 22.6 Å². The van der Waals surface area contributed by atoms with Crippen molar-refractivity contribution in [1.82, 2.24) is 19.8 Å². The van der Waals surface area contributed by atoms with Crippen LogP contribution in [0.25, 0.3) is 16.9 Å². The van der Waals surface area contributed by atoms with Crippen molar-refractivity contribution in [1.29, 1.82) is 0 Å². The van der Waals surface area contributed by atoms with Crippen molar-refractivity contribution >= 4 is 11.6 Å². The number of carboxylic acid groups (broad SMARTS) is 1. The van der Waals surface area contributed by atoms with Gasteiger partial charge >= 0.3 is 5.97 Å². The third kappa shape index (κ3) is 2.51.